The maximum absolute atomic E-state index is 13.5. The van der Waals surface area contributed by atoms with E-state index in [-0.39, 0.29) is 17.2 Å². The summed E-state index contributed by atoms with van der Waals surface area (Å²) in [5.74, 6) is 1.58. The van der Waals surface area contributed by atoms with Crippen molar-refractivity contribution in [2.75, 3.05) is 32.9 Å². The second-order valence-electron chi connectivity index (χ2n) is 8.32. The molecule has 1 unspecified atom stereocenters. The number of rotatable bonds is 5. The Morgan fingerprint density at radius 3 is 2.72 bits per heavy atom. The average Bonchev–Trinajstić information content (AvgIpc) is 3.46. The molecule has 1 atom stereocenters. The summed E-state index contributed by atoms with van der Waals surface area (Å²) < 4.78 is 17.5. The van der Waals surface area contributed by atoms with Gasteiger partial charge >= 0.3 is 0 Å². The minimum atomic E-state index is -0.142. The second kappa shape index (κ2) is 8.70. The van der Waals surface area contributed by atoms with Crippen molar-refractivity contribution in [3.05, 3.63) is 60.2 Å². The van der Waals surface area contributed by atoms with Crippen molar-refractivity contribution in [1.82, 2.24) is 20.1 Å². The van der Waals surface area contributed by atoms with Crippen molar-refractivity contribution in [1.29, 1.82) is 0 Å². The van der Waals surface area contributed by atoms with Gasteiger partial charge in [0.15, 0.2) is 0 Å². The molecule has 32 heavy (non-hydrogen) atoms. The van der Waals surface area contributed by atoms with Crippen LogP contribution in [-0.2, 0) is 4.74 Å². The highest BCUT2D eigenvalue weighted by Crippen LogP contribution is 2.49. The number of carbonyl (C=O) groups excluding carboxylic acids is 1. The van der Waals surface area contributed by atoms with Crippen LogP contribution in [0.3, 0.4) is 0 Å². The first-order valence-electron chi connectivity index (χ1n) is 11.0. The van der Waals surface area contributed by atoms with Crippen LogP contribution < -0.4 is 4.74 Å². The van der Waals surface area contributed by atoms with E-state index in [4.69, 9.17) is 13.9 Å². The molecule has 1 amide bonds. The standard InChI is InChI=1S/C24H26N4O4/c1-2-31-20-6-4-3-5-18(20)23(29)28-15-19(24(16-28)9-13-30-14-10-24)22-27-26-21(32-22)17-7-11-25-12-8-17/h3-8,11-12,19H,2,9-10,13-16H2,1H3. The fourth-order valence-corrected chi connectivity index (χ4v) is 4.83. The lowest BCUT2D eigenvalue weighted by Crippen LogP contribution is -2.37. The molecule has 2 aliphatic heterocycles. The first-order valence-corrected chi connectivity index (χ1v) is 11.0. The molecule has 0 N–H and O–H groups in total. The van der Waals surface area contributed by atoms with Gasteiger partial charge in [0.05, 0.1) is 18.1 Å². The van der Waals surface area contributed by atoms with E-state index in [1.807, 2.05) is 48.2 Å². The highest BCUT2D eigenvalue weighted by atomic mass is 16.5. The molecule has 0 radical (unpaired) electrons. The van der Waals surface area contributed by atoms with Crippen LogP contribution in [0.25, 0.3) is 11.5 Å². The molecule has 8 nitrogen and oxygen atoms in total. The first kappa shape index (κ1) is 20.6. The minimum Gasteiger partial charge on any atom is -0.493 e. The van der Waals surface area contributed by atoms with E-state index in [2.05, 4.69) is 15.2 Å². The number of amides is 1. The zero-order chi connectivity index (χ0) is 22.0. The lowest BCUT2D eigenvalue weighted by molar-refractivity contribution is 0.00906. The number of carbonyl (C=O) groups is 1. The minimum absolute atomic E-state index is 0.0312. The van der Waals surface area contributed by atoms with Gasteiger partial charge in [-0.05, 0) is 44.0 Å². The smallest absolute Gasteiger partial charge is 0.257 e. The largest absolute Gasteiger partial charge is 0.493 e. The number of aromatic nitrogens is 3. The third-order valence-electron chi connectivity index (χ3n) is 6.51. The van der Waals surface area contributed by atoms with Crippen molar-refractivity contribution in [2.45, 2.75) is 25.7 Å². The second-order valence-corrected chi connectivity index (χ2v) is 8.32. The molecule has 8 heteroatoms. The van der Waals surface area contributed by atoms with E-state index >= 15 is 0 Å². The number of hydrogen-bond donors (Lipinski definition) is 0. The molecule has 166 valence electrons. The molecule has 3 aromatic rings. The zero-order valence-electron chi connectivity index (χ0n) is 18.1. The van der Waals surface area contributed by atoms with Gasteiger partial charge in [0.2, 0.25) is 11.8 Å². The Balaban J connectivity index is 1.45. The average molecular weight is 434 g/mol. The molecule has 0 saturated carbocycles. The fraction of sp³-hybridized carbons (Fsp3) is 0.417. The third kappa shape index (κ3) is 3.75. The van der Waals surface area contributed by atoms with Gasteiger partial charge in [-0.1, -0.05) is 12.1 Å². The van der Waals surface area contributed by atoms with Crippen molar-refractivity contribution in [2.24, 2.45) is 5.41 Å². The molecule has 2 aliphatic rings. The fourth-order valence-electron chi connectivity index (χ4n) is 4.83. The third-order valence-corrected chi connectivity index (χ3v) is 6.51. The molecule has 2 fully saturated rings. The van der Waals surface area contributed by atoms with Gasteiger partial charge in [0, 0.05) is 49.7 Å². The Bertz CT molecular complexity index is 1080. The molecule has 0 aliphatic carbocycles. The summed E-state index contributed by atoms with van der Waals surface area (Å²) in [4.78, 5) is 19.5. The van der Waals surface area contributed by atoms with E-state index in [0.717, 1.165) is 18.4 Å². The Hall–Kier alpha value is -3.26. The summed E-state index contributed by atoms with van der Waals surface area (Å²) in [7, 11) is 0. The van der Waals surface area contributed by atoms with E-state index < -0.39 is 0 Å². The van der Waals surface area contributed by atoms with Gasteiger partial charge < -0.3 is 18.8 Å². The summed E-state index contributed by atoms with van der Waals surface area (Å²) >= 11 is 0. The molecule has 1 aromatic carbocycles. The number of benzene rings is 1. The van der Waals surface area contributed by atoms with Crippen LogP contribution in [0, 0.1) is 5.41 Å². The molecule has 4 heterocycles. The van der Waals surface area contributed by atoms with Crippen LogP contribution in [0.15, 0.2) is 53.2 Å². The normalized spacial score (nSPS) is 19.9. The molecule has 2 saturated heterocycles. The molecule has 1 spiro atoms. The Labute approximate surface area is 186 Å². The Morgan fingerprint density at radius 1 is 1.16 bits per heavy atom. The van der Waals surface area contributed by atoms with Crippen LogP contribution in [0.1, 0.15) is 41.9 Å². The van der Waals surface area contributed by atoms with E-state index in [0.29, 0.717) is 56.0 Å². The van der Waals surface area contributed by atoms with E-state index in [1.54, 1.807) is 12.4 Å². The number of likely N-dealkylation sites (tertiary alicyclic amines) is 1. The van der Waals surface area contributed by atoms with Crippen molar-refractivity contribution in [3.63, 3.8) is 0 Å². The predicted octanol–water partition coefficient (Wildman–Crippen LogP) is 3.57. The number of hydrogen-bond acceptors (Lipinski definition) is 7. The maximum Gasteiger partial charge on any atom is 0.257 e. The molecular weight excluding hydrogens is 408 g/mol. The highest BCUT2D eigenvalue weighted by Gasteiger charge is 2.51. The lowest BCUT2D eigenvalue weighted by Gasteiger charge is -2.36. The van der Waals surface area contributed by atoms with E-state index in [9.17, 15) is 4.79 Å². The summed E-state index contributed by atoms with van der Waals surface area (Å²) in [5, 5.41) is 8.67. The topological polar surface area (TPSA) is 90.6 Å². The quantitative estimate of drug-likeness (QED) is 0.606. The molecule has 2 aromatic heterocycles. The number of para-hydroxylation sites is 1. The summed E-state index contributed by atoms with van der Waals surface area (Å²) in [6, 6.07) is 11.1. The van der Waals surface area contributed by atoms with Crippen molar-refractivity contribution >= 4 is 5.91 Å². The number of pyridine rings is 1. The van der Waals surface area contributed by atoms with Crippen molar-refractivity contribution < 1.29 is 18.7 Å². The number of ether oxygens (including phenoxy) is 2. The van der Waals surface area contributed by atoms with Crippen LogP contribution >= 0.6 is 0 Å². The summed E-state index contributed by atoms with van der Waals surface area (Å²) in [6.45, 7) is 4.91. The van der Waals surface area contributed by atoms with Gasteiger partial charge in [-0.3, -0.25) is 9.78 Å². The monoisotopic (exact) mass is 434 g/mol. The lowest BCUT2D eigenvalue weighted by atomic mass is 9.72. The Morgan fingerprint density at radius 2 is 1.94 bits per heavy atom. The predicted molar refractivity (Wildman–Crippen MR) is 116 cm³/mol. The van der Waals surface area contributed by atoms with Gasteiger partial charge in [-0.2, -0.15) is 0 Å². The summed E-state index contributed by atoms with van der Waals surface area (Å²) in [6.07, 6.45) is 5.10. The van der Waals surface area contributed by atoms with Crippen LogP contribution in [-0.4, -0.2) is 58.9 Å². The van der Waals surface area contributed by atoms with Gasteiger partial charge in [-0.25, -0.2) is 0 Å². The SMILES string of the molecule is CCOc1ccccc1C(=O)N1CC(c2nnc(-c3ccncc3)o2)C2(CCOCC2)C1. The molecule has 0 bridgehead atoms. The maximum atomic E-state index is 13.5. The highest BCUT2D eigenvalue weighted by molar-refractivity contribution is 5.97. The van der Waals surface area contributed by atoms with Crippen LogP contribution in [0.2, 0.25) is 0 Å². The number of nitrogens with zero attached hydrogens (tertiary/aromatic N) is 4. The van der Waals surface area contributed by atoms with Gasteiger partial charge in [0.1, 0.15) is 5.75 Å². The van der Waals surface area contributed by atoms with Gasteiger partial charge in [0.25, 0.3) is 5.91 Å². The van der Waals surface area contributed by atoms with Crippen LogP contribution in [0.4, 0.5) is 0 Å². The van der Waals surface area contributed by atoms with E-state index in [1.165, 1.54) is 0 Å². The van der Waals surface area contributed by atoms with Crippen LogP contribution in [0.5, 0.6) is 5.75 Å². The zero-order valence-corrected chi connectivity index (χ0v) is 18.1. The summed E-state index contributed by atoms with van der Waals surface area (Å²) in [5.41, 5.74) is 1.27. The molecule has 5 rings (SSSR count). The molecular formula is C24H26N4O4. The first-order chi connectivity index (χ1) is 15.7. The Kier molecular flexibility index (Phi) is 5.61. The van der Waals surface area contributed by atoms with Crippen molar-refractivity contribution in [3.8, 4) is 17.2 Å². The van der Waals surface area contributed by atoms with Gasteiger partial charge in [-0.15, -0.1) is 10.2 Å².